The molecule has 0 saturated carbocycles. The Hall–Kier alpha value is -0.710. The van der Waals surface area contributed by atoms with Gasteiger partial charge in [0.25, 0.3) is 0 Å². The summed E-state index contributed by atoms with van der Waals surface area (Å²) in [7, 11) is 0.820. The van der Waals surface area contributed by atoms with Crippen molar-refractivity contribution in [3.8, 4) is 0 Å². The average molecular weight is 407 g/mol. The van der Waals surface area contributed by atoms with E-state index in [1.165, 1.54) is 60.4 Å². The van der Waals surface area contributed by atoms with Gasteiger partial charge in [0, 0.05) is 14.2 Å². The number of carbonyl (C=O) groups is 2. The fraction of sp³-hybridized carbons (Fsp3) is 0.900. The molecule has 1 unspecified atom stereocenters. The van der Waals surface area contributed by atoms with Crippen LogP contribution in [0.4, 0.5) is 0 Å². The molecule has 160 valence electrons. The van der Waals surface area contributed by atoms with Crippen LogP contribution in [0.1, 0.15) is 78.1 Å². The summed E-state index contributed by atoms with van der Waals surface area (Å²) in [5.74, 6) is -1.76. The number of hydrogen-bond acceptors (Lipinski definition) is 6. The van der Waals surface area contributed by atoms with E-state index in [-0.39, 0.29) is 17.9 Å². The molecule has 0 aromatic heterocycles. The van der Waals surface area contributed by atoms with Crippen molar-refractivity contribution in [2.45, 2.75) is 78.1 Å². The third-order valence-corrected chi connectivity index (χ3v) is 7.04. The van der Waals surface area contributed by atoms with Crippen molar-refractivity contribution in [3.63, 3.8) is 0 Å². The Morgan fingerprint density at radius 3 is 1.81 bits per heavy atom. The molecule has 6 nitrogen and oxygen atoms in total. The minimum absolute atomic E-state index is 0.183. The van der Waals surface area contributed by atoms with Crippen LogP contribution in [-0.4, -0.2) is 39.2 Å². The van der Waals surface area contributed by atoms with Crippen LogP contribution in [0.3, 0.4) is 0 Å². The van der Waals surface area contributed by atoms with Gasteiger partial charge < -0.3 is 13.8 Å². The monoisotopic (exact) mass is 406 g/mol. The first kappa shape index (κ1) is 26.3. The van der Waals surface area contributed by atoms with Crippen molar-refractivity contribution >= 4 is 19.3 Å². The zero-order valence-electron chi connectivity index (χ0n) is 17.8. The summed E-state index contributed by atoms with van der Waals surface area (Å²) in [6.07, 6.45) is 10.8. The van der Waals surface area contributed by atoms with Gasteiger partial charge in [0.1, 0.15) is 11.7 Å². The summed E-state index contributed by atoms with van der Waals surface area (Å²) in [5, 5.41) is 0. The molecule has 0 aliphatic heterocycles. The van der Waals surface area contributed by atoms with Crippen molar-refractivity contribution in [2.24, 2.45) is 11.8 Å². The Morgan fingerprint density at radius 1 is 0.852 bits per heavy atom. The maximum atomic E-state index is 12.3. The first-order chi connectivity index (χ1) is 12.8. The van der Waals surface area contributed by atoms with Gasteiger partial charge in [-0.25, -0.2) is 0 Å². The van der Waals surface area contributed by atoms with Gasteiger partial charge >= 0.3 is 13.6 Å². The second kappa shape index (κ2) is 15.2. The van der Waals surface area contributed by atoms with E-state index in [0.717, 1.165) is 25.7 Å². The van der Waals surface area contributed by atoms with Gasteiger partial charge in [0.2, 0.25) is 0 Å². The molecule has 0 saturated heterocycles. The SMILES string of the molecule is CCCCCCCCCC[C@@H](CCP(=O)(OC)OC)C(C(C)=O)C(=O)OC. The van der Waals surface area contributed by atoms with E-state index >= 15 is 0 Å². The van der Waals surface area contributed by atoms with Crippen LogP contribution in [0, 0.1) is 11.8 Å². The predicted octanol–water partition coefficient (Wildman–Crippen LogP) is 5.39. The largest absolute Gasteiger partial charge is 0.468 e. The number of rotatable bonds is 17. The quantitative estimate of drug-likeness (QED) is 0.139. The van der Waals surface area contributed by atoms with Crippen molar-refractivity contribution in [1.82, 2.24) is 0 Å². The molecule has 0 bridgehead atoms. The number of carbonyl (C=O) groups excluding carboxylic acids is 2. The maximum absolute atomic E-state index is 12.3. The molecular formula is C20H39O6P. The topological polar surface area (TPSA) is 78.9 Å². The van der Waals surface area contributed by atoms with Crippen molar-refractivity contribution < 1.29 is 27.9 Å². The molecule has 0 fully saturated rings. The highest BCUT2D eigenvalue weighted by Crippen LogP contribution is 2.48. The van der Waals surface area contributed by atoms with E-state index < -0.39 is 19.5 Å². The molecule has 27 heavy (non-hydrogen) atoms. The fourth-order valence-electron chi connectivity index (χ4n) is 3.42. The lowest BCUT2D eigenvalue weighted by Gasteiger charge is -2.24. The summed E-state index contributed by atoms with van der Waals surface area (Å²) in [4.78, 5) is 24.2. The highest BCUT2D eigenvalue weighted by molar-refractivity contribution is 7.53. The number of hydrogen-bond donors (Lipinski definition) is 0. The summed E-state index contributed by atoms with van der Waals surface area (Å²) in [6, 6.07) is 0. The summed E-state index contributed by atoms with van der Waals surface area (Å²) >= 11 is 0. The van der Waals surface area contributed by atoms with E-state index in [2.05, 4.69) is 6.92 Å². The highest BCUT2D eigenvalue weighted by atomic mass is 31.2. The third-order valence-electron chi connectivity index (χ3n) is 5.12. The van der Waals surface area contributed by atoms with Crippen LogP contribution in [-0.2, 0) is 27.9 Å². The molecule has 0 N–H and O–H groups in total. The zero-order valence-corrected chi connectivity index (χ0v) is 18.7. The van der Waals surface area contributed by atoms with E-state index in [4.69, 9.17) is 13.8 Å². The summed E-state index contributed by atoms with van der Waals surface area (Å²) in [6.45, 7) is 3.62. The lowest BCUT2D eigenvalue weighted by atomic mass is 9.83. The number of Topliss-reactive ketones (excluding diaryl/α,β-unsaturated/α-hetero) is 1. The van der Waals surface area contributed by atoms with Gasteiger partial charge in [-0.1, -0.05) is 58.3 Å². The Bertz CT molecular complexity index is 457. The number of ether oxygens (including phenoxy) is 1. The molecular weight excluding hydrogens is 367 g/mol. The number of ketones is 1. The molecule has 0 radical (unpaired) electrons. The lowest BCUT2D eigenvalue weighted by molar-refractivity contribution is -0.151. The Balaban J connectivity index is 4.71. The van der Waals surface area contributed by atoms with Crippen LogP contribution >= 0.6 is 7.60 Å². The van der Waals surface area contributed by atoms with Gasteiger partial charge in [-0.05, 0) is 25.7 Å². The lowest BCUT2D eigenvalue weighted by Crippen LogP contribution is -2.31. The minimum atomic E-state index is -3.17. The normalized spacial score (nSPS) is 14.0. The average Bonchev–Trinajstić information content (AvgIpc) is 2.66. The molecule has 0 spiro atoms. The first-order valence-corrected chi connectivity index (χ1v) is 11.9. The Kier molecular flexibility index (Phi) is 14.8. The van der Waals surface area contributed by atoms with Crippen LogP contribution in [0.15, 0.2) is 0 Å². The molecule has 7 heteroatoms. The van der Waals surface area contributed by atoms with Crippen molar-refractivity contribution in [1.29, 1.82) is 0 Å². The summed E-state index contributed by atoms with van der Waals surface area (Å²) in [5.41, 5.74) is 0. The van der Waals surface area contributed by atoms with E-state index in [9.17, 15) is 14.2 Å². The highest BCUT2D eigenvalue weighted by Gasteiger charge is 2.34. The Labute approximate surface area is 165 Å². The Morgan fingerprint density at radius 2 is 1.37 bits per heavy atom. The second-order valence-electron chi connectivity index (χ2n) is 7.12. The minimum Gasteiger partial charge on any atom is -0.468 e. The van der Waals surface area contributed by atoms with Crippen LogP contribution < -0.4 is 0 Å². The fourth-order valence-corrected chi connectivity index (χ4v) is 4.58. The molecule has 0 heterocycles. The van der Waals surface area contributed by atoms with E-state index in [0.29, 0.717) is 6.42 Å². The zero-order chi connectivity index (χ0) is 20.7. The molecule has 0 aromatic rings. The van der Waals surface area contributed by atoms with Crippen molar-refractivity contribution in [3.05, 3.63) is 0 Å². The maximum Gasteiger partial charge on any atom is 0.330 e. The van der Waals surface area contributed by atoms with E-state index in [1.54, 1.807) is 0 Å². The summed E-state index contributed by atoms with van der Waals surface area (Å²) < 4.78 is 27.1. The van der Waals surface area contributed by atoms with Gasteiger partial charge in [-0.3, -0.25) is 14.2 Å². The number of unbranched alkanes of at least 4 members (excludes halogenated alkanes) is 7. The standard InChI is InChI=1S/C20H39O6P/c1-6-7-8-9-10-11-12-13-14-18(15-16-27(23,25-4)26-5)19(17(2)21)20(22)24-3/h18-19H,6-16H2,1-5H3/t18-,19?/m0/s1. The van der Waals surface area contributed by atoms with Gasteiger partial charge in [-0.15, -0.1) is 0 Å². The van der Waals surface area contributed by atoms with Crippen LogP contribution in [0.5, 0.6) is 0 Å². The second-order valence-corrected chi connectivity index (χ2v) is 9.52. The van der Waals surface area contributed by atoms with Crippen LogP contribution in [0.2, 0.25) is 0 Å². The van der Waals surface area contributed by atoms with Crippen molar-refractivity contribution in [2.75, 3.05) is 27.5 Å². The van der Waals surface area contributed by atoms with Crippen LogP contribution in [0.25, 0.3) is 0 Å². The van der Waals surface area contributed by atoms with Gasteiger partial charge in [0.05, 0.1) is 13.3 Å². The first-order valence-electron chi connectivity index (χ1n) is 10.1. The molecule has 2 atom stereocenters. The molecule has 0 aliphatic rings. The molecule has 0 rings (SSSR count). The molecule has 0 aliphatic carbocycles. The van der Waals surface area contributed by atoms with Gasteiger partial charge in [0.15, 0.2) is 0 Å². The molecule has 0 amide bonds. The third kappa shape index (κ3) is 11.0. The number of esters is 1. The molecule has 0 aromatic carbocycles. The smallest absolute Gasteiger partial charge is 0.330 e. The number of methoxy groups -OCH3 is 1. The van der Waals surface area contributed by atoms with Gasteiger partial charge in [-0.2, -0.15) is 0 Å². The van der Waals surface area contributed by atoms with E-state index in [1.807, 2.05) is 0 Å². The predicted molar refractivity (Wildman–Crippen MR) is 108 cm³/mol.